The SMILES string of the molecule is Cc1ccc(-c2noc(CN3CCC(C(C)O)C3)n2)cc1F. The molecule has 1 aromatic heterocycles. The Labute approximate surface area is 128 Å². The third-order valence-electron chi connectivity index (χ3n) is 4.25. The van der Waals surface area contributed by atoms with Gasteiger partial charge in [0.15, 0.2) is 0 Å². The number of aromatic nitrogens is 2. The maximum atomic E-state index is 13.6. The second-order valence-electron chi connectivity index (χ2n) is 6.00. The van der Waals surface area contributed by atoms with E-state index in [2.05, 4.69) is 15.0 Å². The van der Waals surface area contributed by atoms with Crippen LogP contribution in [-0.4, -0.2) is 39.3 Å². The van der Waals surface area contributed by atoms with Crippen molar-refractivity contribution in [2.75, 3.05) is 13.1 Å². The molecule has 1 aliphatic heterocycles. The molecule has 0 aliphatic carbocycles. The first kappa shape index (κ1) is 15.1. The van der Waals surface area contributed by atoms with Gasteiger partial charge in [-0.3, -0.25) is 4.90 Å². The predicted octanol–water partition coefficient (Wildman–Crippen LogP) is 2.39. The molecule has 2 aromatic rings. The quantitative estimate of drug-likeness (QED) is 0.939. The molecule has 3 rings (SSSR count). The lowest BCUT2D eigenvalue weighted by Crippen LogP contribution is -2.24. The monoisotopic (exact) mass is 305 g/mol. The Bertz CT molecular complexity index is 657. The molecule has 0 saturated carbocycles. The Balaban J connectivity index is 1.68. The maximum Gasteiger partial charge on any atom is 0.241 e. The van der Waals surface area contributed by atoms with Crippen molar-refractivity contribution in [3.63, 3.8) is 0 Å². The van der Waals surface area contributed by atoms with Gasteiger partial charge in [-0.1, -0.05) is 17.3 Å². The van der Waals surface area contributed by atoms with E-state index in [4.69, 9.17) is 4.52 Å². The molecule has 1 N–H and O–H groups in total. The third kappa shape index (κ3) is 3.18. The summed E-state index contributed by atoms with van der Waals surface area (Å²) >= 11 is 0. The van der Waals surface area contributed by atoms with Crippen LogP contribution in [0.2, 0.25) is 0 Å². The van der Waals surface area contributed by atoms with Crippen LogP contribution in [0.5, 0.6) is 0 Å². The summed E-state index contributed by atoms with van der Waals surface area (Å²) in [4.78, 5) is 6.52. The lowest BCUT2D eigenvalue weighted by atomic mass is 10.0. The summed E-state index contributed by atoms with van der Waals surface area (Å²) in [5.41, 5.74) is 1.20. The number of benzene rings is 1. The van der Waals surface area contributed by atoms with Crippen molar-refractivity contribution in [1.29, 1.82) is 0 Å². The molecular formula is C16H20FN3O2. The molecule has 0 spiro atoms. The van der Waals surface area contributed by atoms with Gasteiger partial charge in [0.25, 0.3) is 0 Å². The molecular weight excluding hydrogens is 285 g/mol. The zero-order valence-electron chi connectivity index (χ0n) is 12.8. The van der Waals surface area contributed by atoms with E-state index >= 15 is 0 Å². The number of hydrogen-bond donors (Lipinski definition) is 1. The molecule has 1 fully saturated rings. The number of hydrogen-bond acceptors (Lipinski definition) is 5. The number of nitrogens with zero attached hydrogens (tertiary/aromatic N) is 3. The average molecular weight is 305 g/mol. The number of likely N-dealkylation sites (tertiary alicyclic amines) is 1. The average Bonchev–Trinajstić information content (AvgIpc) is 3.12. The first-order valence-electron chi connectivity index (χ1n) is 7.52. The van der Waals surface area contributed by atoms with Gasteiger partial charge in [0.1, 0.15) is 5.82 Å². The van der Waals surface area contributed by atoms with Gasteiger partial charge in [0.05, 0.1) is 12.6 Å². The van der Waals surface area contributed by atoms with Gasteiger partial charge in [-0.15, -0.1) is 0 Å². The highest BCUT2D eigenvalue weighted by atomic mass is 19.1. The lowest BCUT2D eigenvalue weighted by molar-refractivity contribution is 0.125. The number of aliphatic hydroxyl groups is 1. The van der Waals surface area contributed by atoms with Crippen LogP contribution < -0.4 is 0 Å². The van der Waals surface area contributed by atoms with E-state index < -0.39 is 0 Å². The van der Waals surface area contributed by atoms with Crippen LogP contribution in [0.25, 0.3) is 11.4 Å². The molecule has 6 heteroatoms. The molecule has 1 aliphatic rings. The number of aliphatic hydroxyl groups excluding tert-OH is 1. The predicted molar refractivity (Wildman–Crippen MR) is 79.5 cm³/mol. The summed E-state index contributed by atoms with van der Waals surface area (Å²) in [6.07, 6.45) is 0.681. The van der Waals surface area contributed by atoms with Crippen LogP contribution in [0.1, 0.15) is 24.8 Å². The molecule has 1 aromatic carbocycles. The van der Waals surface area contributed by atoms with Crippen LogP contribution in [0.3, 0.4) is 0 Å². The summed E-state index contributed by atoms with van der Waals surface area (Å²) in [6, 6.07) is 4.91. The lowest BCUT2D eigenvalue weighted by Gasteiger charge is -2.15. The summed E-state index contributed by atoms with van der Waals surface area (Å²) in [5.74, 6) is 0.944. The fraction of sp³-hybridized carbons (Fsp3) is 0.500. The van der Waals surface area contributed by atoms with Crippen molar-refractivity contribution < 1.29 is 14.0 Å². The largest absolute Gasteiger partial charge is 0.393 e. The number of rotatable bonds is 4. The van der Waals surface area contributed by atoms with Crippen molar-refractivity contribution >= 4 is 0 Å². The van der Waals surface area contributed by atoms with Crippen molar-refractivity contribution in [3.8, 4) is 11.4 Å². The van der Waals surface area contributed by atoms with Gasteiger partial charge < -0.3 is 9.63 Å². The van der Waals surface area contributed by atoms with Crippen molar-refractivity contribution in [3.05, 3.63) is 35.5 Å². The van der Waals surface area contributed by atoms with E-state index in [-0.39, 0.29) is 11.9 Å². The topological polar surface area (TPSA) is 62.4 Å². The molecule has 1 saturated heterocycles. The van der Waals surface area contributed by atoms with Gasteiger partial charge in [0.2, 0.25) is 11.7 Å². The fourth-order valence-corrected chi connectivity index (χ4v) is 2.76. The van der Waals surface area contributed by atoms with Crippen LogP contribution in [0.15, 0.2) is 22.7 Å². The second-order valence-corrected chi connectivity index (χ2v) is 6.00. The Kier molecular flexibility index (Phi) is 4.22. The minimum Gasteiger partial charge on any atom is -0.393 e. The highest BCUT2D eigenvalue weighted by molar-refractivity contribution is 5.54. The number of halogens is 1. The first-order chi connectivity index (χ1) is 10.5. The smallest absolute Gasteiger partial charge is 0.241 e. The van der Waals surface area contributed by atoms with Gasteiger partial charge in [-0.05, 0) is 44.4 Å². The van der Waals surface area contributed by atoms with E-state index in [9.17, 15) is 9.50 Å². The Morgan fingerprint density at radius 3 is 3.00 bits per heavy atom. The molecule has 2 unspecified atom stereocenters. The minimum absolute atomic E-state index is 0.275. The van der Waals surface area contributed by atoms with Crippen LogP contribution >= 0.6 is 0 Å². The third-order valence-corrected chi connectivity index (χ3v) is 4.25. The van der Waals surface area contributed by atoms with Crippen molar-refractivity contribution in [2.24, 2.45) is 5.92 Å². The molecule has 0 amide bonds. The molecule has 5 nitrogen and oxygen atoms in total. The Morgan fingerprint density at radius 2 is 2.32 bits per heavy atom. The van der Waals surface area contributed by atoms with Gasteiger partial charge >= 0.3 is 0 Å². The molecule has 2 heterocycles. The Hall–Kier alpha value is -1.79. The van der Waals surface area contributed by atoms with E-state index in [1.807, 2.05) is 6.92 Å². The summed E-state index contributed by atoms with van der Waals surface area (Å²) in [7, 11) is 0. The van der Waals surface area contributed by atoms with E-state index in [1.165, 1.54) is 6.07 Å². The van der Waals surface area contributed by atoms with Crippen molar-refractivity contribution in [1.82, 2.24) is 15.0 Å². The first-order valence-corrected chi connectivity index (χ1v) is 7.52. The molecule has 2 atom stereocenters. The standard InChI is InChI=1S/C16H20FN3O2/c1-10-3-4-12(7-14(10)17)16-18-15(22-19-16)9-20-6-5-13(8-20)11(2)21/h3-4,7,11,13,21H,5-6,8-9H2,1-2H3. The highest BCUT2D eigenvalue weighted by Crippen LogP contribution is 2.23. The fourth-order valence-electron chi connectivity index (χ4n) is 2.76. The van der Waals surface area contributed by atoms with E-state index in [1.54, 1.807) is 19.1 Å². The molecule has 0 bridgehead atoms. The van der Waals surface area contributed by atoms with Crippen LogP contribution in [0.4, 0.5) is 4.39 Å². The second kappa shape index (κ2) is 6.14. The summed E-state index contributed by atoms with van der Waals surface area (Å²) in [6.45, 7) is 5.84. The normalized spacial score (nSPS) is 20.5. The van der Waals surface area contributed by atoms with Crippen LogP contribution in [0, 0.1) is 18.7 Å². The van der Waals surface area contributed by atoms with Gasteiger partial charge in [-0.25, -0.2) is 4.39 Å². The summed E-state index contributed by atoms with van der Waals surface area (Å²) < 4.78 is 18.9. The number of aryl methyl sites for hydroxylation is 1. The van der Waals surface area contributed by atoms with E-state index in [0.29, 0.717) is 35.3 Å². The van der Waals surface area contributed by atoms with Crippen molar-refractivity contribution in [2.45, 2.75) is 32.9 Å². The molecule has 118 valence electrons. The van der Waals surface area contributed by atoms with E-state index in [0.717, 1.165) is 19.5 Å². The maximum absolute atomic E-state index is 13.6. The Morgan fingerprint density at radius 1 is 1.50 bits per heavy atom. The molecule has 22 heavy (non-hydrogen) atoms. The zero-order chi connectivity index (χ0) is 15.7. The summed E-state index contributed by atoms with van der Waals surface area (Å²) in [5, 5.41) is 13.5. The van der Waals surface area contributed by atoms with Crippen LogP contribution in [-0.2, 0) is 6.54 Å². The molecule has 0 radical (unpaired) electrons. The highest BCUT2D eigenvalue weighted by Gasteiger charge is 2.27. The van der Waals surface area contributed by atoms with Gasteiger partial charge in [-0.2, -0.15) is 4.98 Å². The minimum atomic E-state index is -0.293. The zero-order valence-corrected chi connectivity index (χ0v) is 12.8. The van der Waals surface area contributed by atoms with Gasteiger partial charge in [0, 0.05) is 12.1 Å².